The maximum absolute atomic E-state index is 5.81. The Morgan fingerprint density at radius 3 is 2.84 bits per heavy atom. The number of guanidine groups is 1. The molecule has 0 aliphatic carbocycles. The number of aromatic nitrogens is 2. The number of hydrogen-bond donors (Lipinski definition) is 2. The number of aliphatic imine (C=N–C) groups is 1. The van der Waals surface area contributed by atoms with Gasteiger partial charge in [-0.3, -0.25) is 9.67 Å². The van der Waals surface area contributed by atoms with Crippen molar-refractivity contribution >= 4 is 47.0 Å². The third kappa shape index (κ3) is 7.13. The molecule has 166 valence electrons. The molecule has 1 aliphatic rings. The summed E-state index contributed by atoms with van der Waals surface area (Å²) in [7, 11) is 1.93. The van der Waals surface area contributed by atoms with E-state index in [0.717, 1.165) is 49.0 Å². The lowest BCUT2D eigenvalue weighted by Gasteiger charge is -2.14. The second-order valence-electron chi connectivity index (χ2n) is 7.10. The number of aryl methyl sites for hydroxylation is 1. The van der Waals surface area contributed by atoms with Crippen molar-refractivity contribution in [3.63, 3.8) is 0 Å². The minimum atomic E-state index is 0. The Morgan fingerprint density at radius 2 is 2.06 bits per heavy atom. The summed E-state index contributed by atoms with van der Waals surface area (Å²) in [5.74, 6) is 2.31. The fourth-order valence-electron chi connectivity index (χ4n) is 3.18. The van der Waals surface area contributed by atoms with Crippen molar-refractivity contribution in [3.8, 4) is 11.5 Å². The zero-order valence-corrected chi connectivity index (χ0v) is 20.7. The summed E-state index contributed by atoms with van der Waals surface area (Å²) in [6.07, 6.45) is 6.62. The van der Waals surface area contributed by atoms with E-state index in [4.69, 9.17) is 14.5 Å². The molecule has 0 atom stereocenters. The molecule has 31 heavy (non-hydrogen) atoms. The molecule has 2 aromatic heterocycles. The number of ether oxygens (including phenoxy) is 2. The van der Waals surface area contributed by atoms with E-state index < -0.39 is 0 Å². The zero-order chi connectivity index (χ0) is 20.6. The molecule has 3 heterocycles. The molecule has 0 fully saturated rings. The maximum Gasteiger partial charge on any atom is 0.195 e. The number of rotatable bonds is 7. The van der Waals surface area contributed by atoms with Gasteiger partial charge in [0.05, 0.1) is 19.4 Å². The van der Waals surface area contributed by atoms with Crippen LogP contribution in [-0.2, 0) is 19.9 Å². The summed E-state index contributed by atoms with van der Waals surface area (Å²) in [6.45, 7) is 2.83. The van der Waals surface area contributed by atoms with Gasteiger partial charge in [0.2, 0.25) is 0 Å². The minimum Gasteiger partial charge on any atom is -0.490 e. The average molecular weight is 553 g/mol. The zero-order valence-electron chi connectivity index (χ0n) is 17.5. The molecule has 1 aromatic carbocycles. The van der Waals surface area contributed by atoms with Gasteiger partial charge in [-0.2, -0.15) is 5.10 Å². The highest BCUT2D eigenvalue weighted by Crippen LogP contribution is 2.32. The van der Waals surface area contributed by atoms with E-state index in [1.54, 1.807) is 11.3 Å². The molecule has 0 spiro atoms. The summed E-state index contributed by atoms with van der Waals surface area (Å²) in [6, 6.07) is 10.1. The Morgan fingerprint density at radius 1 is 1.19 bits per heavy atom. The Kier molecular flexibility index (Phi) is 9.01. The molecule has 0 radical (unpaired) electrons. The van der Waals surface area contributed by atoms with Crippen molar-refractivity contribution < 1.29 is 9.47 Å². The fraction of sp³-hybridized carbons (Fsp3) is 0.364. The van der Waals surface area contributed by atoms with Crippen molar-refractivity contribution in [2.24, 2.45) is 12.0 Å². The Labute approximate surface area is 203 Å². The van der Waals surface area contributed by atoms with E-state index in [-0.39, 0.29) is 24.0 Å². The first kappa shape index (κ1) is 23.4. The lowest BCUT2D eigenvalue weighted by atomic mass is 10.2. The van der Waals surface area contributed by atoms with E-state index in [9.17, 15) is 0 Å². The molecular formula is C22H28IN5O2S. The predicted molar refractivity (Wildman–Crippen MR) is 136 cm³/mol. The monoisotopic (exact) mass is 553 g/mol. The average Bonchev–Trinajstić information content (AvgIpc) is 3.34. The molecule has 0 saturated heterocycles. The number of fused-ring (bicyclic) bond motifs is 1. The third-order valence-electron chi connectivity index (χ3n) is 4.68. The maximum atomic E-state index is 5.81. The standard InChI is InChI=1S/C22H27N5O2S.HI/c1-27-16-17(15-25-27)7-9-23-22(24-10-8-19-4-2-13-30-19)26-18-5-6-20-21(14-18)29-12-3-11-28-20;/h2,4-6,13-16H,3,7-12H2,1H3,(H2,23,24,26);1H. The van der Waals surface area contributed by atoms with Crippen LogP contribution in [0.1, 0.15) is 16.9 Å². The fourth-order valence-corrected chi connectivity index (χ4v) is 3.87. The second kappa shape index (κ2) is 11.9. The van der Waals surface area contributed by atoms with Crippen LogP contribution in [0.5, 0.6) is 11.5 Å². The Bertz CT molecular complexity index is 974. The van der Waals surface area contributed by atoms with Crippen molar-refractivity contribution in [1.82, 2.24) is 15.1 Å². The normalized spacial score (nSPS) is 13.3. The van der Waals surface area contributed by atoms with E-state index >= 15 is 0 Å². The van der Waals surface area contributed by atoms with Crippen LogP contribution in [0.15, 0.2) is 53.1 Å². The first-order chi connectivity index (χ1) is 14.8. The van der Waals surface area contributed by atoms with Gasteiger partial charge in [0.1, 0.15) is 0 Å². The number of nitrogens with one attached hydrogen (secondary N) is 2. The summed E-state index contributed by atoms with van der Waals surface area (Å²) in [4.78, 5) is 6.11. The molecule has 0 amide bonds. The molecule has 0 bridgehead atoms. The van der Waals surface area contributed by atoms with Crippen molar-refractivity contribution in [3.05, 3.63) is 58.5 Å². The number of halogens is 1. The number of benzene rings is 1. The minimum absolute atomic E-state index is 0. The van der Waals surface area contributed by atoms with Gasteiger partial charge in [0, 0.05) is 55.8 Å². The largest absolute Gasteiger partial charge is 0.490 e. The van der Waals surface area contributed by atoms with Crippen molar-refractivity contribution in [2.45, 2.75) is 19.3 Å². The highest BCUT2D eigenvalue weighted by molar-refractivity contribution is 14.0. The second-order valence-corrected chi connectivity index (χ2v) is 8.13. The molecule has 7 nitrogen and oxygen atoms in total. The van der Waals surface area contributed by atoms with Gasteiger partial charge in [0.25, 0.3) is 0 Å². The van der Waals surface area contributed by atoms with E-state index in [1.807, 2.05) is 42.3 Å². The molecule has 2 N–H and O–H groups in total. The molecular weight excluding hydrogens is 525 g/mol. The molecule has 1 aliphatic heterocycles. The SMILES string of the molecule is Cn1cc(CCNC(=NCCc2cccs2)Nc2ccc3c(c2)OCCCO3)cn1.I. The highest BCUT2D eigenvalue weighted by Gasteiger charge is 2.11. The van der Waals surface area contributed by atoms with Gasteiger partial charge in [-0.05, 0) is 35.6 Å². The van der Waals surface area contributed by atoms with Crippen molar-refractivity contribution in [1.29, 1.82) is 0 Å². The van der Waals surface area contributed by atoms with Gasteiger partial charge in [-0.15, -0.1) is 35.3 Å². The van der Waals surface area contributed by atoms with Crippen LogP contribution in [0.3, 0.4) is 0 Å². The number of anilines is 1. The lowest BCUT2D eigenvalue weighted by molar-refractivity contribution is 0.297. The Balaban J connectivity index is 0.00000272. The predicted octanol–water partition coefficient (Wildman–Crippen LogP) is 4.10. The van der Waals surface area contributed by atoms with Gasteiger partial charge < -0.3 is 20.1 Å². The van der Waals surface area contributed by atoms with Crippen LogP contribution in [0, 0.1) is 0 Å². The quantitative estimate of drug-likeness (QED) is 0.262. The van der Waals surface area contributed by atoms with Crippen LogP contribution in [0.4, 0.5) is 5.69 Å². The molecule has 4 rings (SSSR count). The number of nitrogens with zero attached hydrogens (tertiary/aromatic N) is 3. The van der Waals surface area contributed by atoms with Crippen LogP contribution in [-0.4, -0.2) is 42.0 Å². The third-order valence-corrected chi connectivity index (χ3v) is 5.62. The molecule has 3 aromatic rings. The summed E-state index contributed by atoms with van der Waals surface area (Å²) >= 11 is 1.76. The number of hydrogen-bond acceptors (Lipinski definition) is 5. The van der Waals surface area contributed by atoms with Gasteiger partial charge in [-0.1, -0.05) is 6.07 Å². The number of thiophene rings is 1. The van der Waals surface area contributed by atoms with Crippen LogP contribution in [0.25, 0.3) is 0 Å². The summed E-state index contributed by atoms with van der Waals surface area (Å²) in [5.41, 5.74) is 2.11. The molecule has 9 heteroatoms. The summed E-state index contributed by atoms with van der Waals surface area (Å²) in [5, 5.41) is 13.2. The first-order valence-corrected chi connectivity index (χ1v) is 11.1. The van der Waals surface area contributed by atoms with Gasteiger partial charge >= 0.3 is 0 Å². The van der Waals surface area contributed by atoms with Crippen LogP contribution >= 0.6 is 35.3 Å². The smallest absolute Gasteiger partial charge is 0.195 e. The van der Waals surface area contributed by atoms with Gasteiger partial charge in [0.15, 0.2) is 17.5 Å². The summed E-state index contributed by atoms with van der Waals surface area (Å²) < 4.78 is 13.4. The van der Waals surface area contributed by atoms with E-state index in [0.29, 0.717) is 19.8 Å². The lowest BCUT2D eigenvalue weighted by Crippen LogP contribution is -2.32. The first-order valence-electron chi connectivity index (χ1n) is 10.2. The van der Waals surface area contributed by atoms with Gasteiger partial charge in [-0.25, -0.2) is 0 Å². The van der Waals surface area contributed by atoms with E-state index in [1.165, 1.54) is 10.4 Å². The molecule has 0 saturated carbocycles. The Hall–Kier alpha value is -2.27. The topological polar surface area (TPSA) is 72.7 Å². The van der Waals surface area contributed by atoms with Crippen LogP contribution in [0.2, 0.25) is 0 Å². The van der Waals surface area contributed by atoms with Crippen molar-refractivity contribution in [2.75, 3.05) is 31.6 Å². The highest BCUT2D eigenvalue weighted by atomic mass is 127. The van der Waals surface area contributed by atoms with E-state index in [2.05, 4.69) is 33.2 Å². The van der Waals surface area contributed by atoms with Crippen LogP contribution < -0.4 is 20.1 Å². The molecule has 0 unspecified atom stereocenters.